The monoisotopic (exact) mass is 324 g/mol. The molecule has 1 atom stereocenters. The largest absolute Gasteiger partial charge is 0.372 e. The Bertz CT molecular complexity index is 570. The van der Waals surface area contributed by atoms with Gasteiger partial charge in [0.15, 0.2) is 0 Å². The van der Waals surface area contributed by atoms with Crippen LogP contribution >= 0.6 is 23.2 Å². The molecule has 1 aromatic carbocycles. The molecule has 0 aliphatic heterocycles. The molecule has 1 heterocycles. The van der Waals surface area contributed by atoms with Crippen molar-refractivity contribution in [2.45, 2.75) is 25.5 Å². The zero-order valence-corrected chi connectivity index (χ0v) is 13.2. The summed E-state index contributed by atoms with van der Waals surface area (Å²) >= 11 is 12.3. The number of nitrogens with zero attached hydrogens (tertiary/aromatic N) is 2. The van der Waals surface area contributed by atoms with Gasteiger partial charge < -0.3 is 9.30 Å². The van der Waals surface area contributed by atoms with E-state index in [1.165, 1.54) is 0 Å². The SMILES string of the molecule is C=CCCCOC(Cn1ccnc1)c1ccc(Cl)cc1Cl. The molecule has 0 radical (unpaired) electrons. The van der Waals surface area contributed by atoms with Gasteiger partial charge >= 0.3 is 0 Å². The molecule has 5 heteroatoms. The van der Waals surface area contributed by atoms with E-state index in [9.17, 15) is 0 Å². The quantitative estimate of drug-likeness (QED) is 0.509. The average Bonchev–Trinajstić information content (AvgIpc) is 2.95. The first kappa shape index (κ1) is 16.1. The molecule has 2 rings (SSSR count). The first-order valence-corrected chi connectivity index (χ1v) is 7.59. The molecule has 1 unspecified atom stereocenters. The van der Waals surface area contributed by atoms with Crippen LogP contribution in [0, 0.1) is 0 Å². The summed E-state index contributed by atoms with van der Waals surface area (Å²) in [6.45, 7) is 5.04. The highest BCUT2D eigenvalue weighted by Crippen LogP contribution is 2.29. The maximum atomic E-state index is 6.30. The lowest BCUT2D eigenvalue weighted by Gasteiger charge is -2.20. The molecule has 0 saturated heterocycles. The Kier molecular flexibility index (Phi) is 6.30. The molecule has 0 bridgehead atoms. The van der Waals surface area contributed by atoms with Crippen LogP contribution in [0.15, 0.2) is 49.6 Å². The van der Waals surface area contributed by atoms with Crippen molar-refractivity contribution in [3.05, 3.63) is 65.2 Å². The van der Waals surface area contributed by atoms with Gasteiger partial charge in [0.05, 0.1) is 12.9 Å². The lowest BCUT2D eigenvalue weighted by Crippen LogP contribution is -2.13. The van der Waals surface area contributed by atoms with E-state index in [-0.39, 0.29) is 6.10 Å². The second kappa shape index (κ2) is 8.23. The van der Waals surface area contributed by atoms with E-state index in [1.807, 2.05) is 29.0 Å². The minimum absolute atomic E-state index is 0.131. The Morgan fingerprint density at radius 2 is 2.24 bits per heavy atom. The summed E-state index contributed by atoms with van der Waals surface area (Å²) in [6, 6.07) is 5.49. The van der Waals surface area contributed by atoms with Crippen molar-refractivity contribution in [2.75, 3.05) is 6.61 Å². The molecule has 0 fully saturated rings. The fourth-order valence-electron chi connectivity index (χ4n) is 2.04. The van der Waals surface area contributed by atoms with Crippen LogP contribution in [0.5, 0.6) is 0 Å². The molecule has 0 amide bonds. The number of hydrogen-bond donors (Lipinski definition) is 0. The number of unbranched alkanes of at least 4 members (excludes halogenated alkanes) is 1. The molecular formula is C16H18Cl2N2O. The van der Waals surface area contributed by atoms with Crippen molar-refractivity contribution >= 4 is 23.2 Å². The zero-order valence-electron chi connectivity index (χ0n) is 11.7. The number of allylic oxidation sites excluding steroid dienone is 1. The van der Waals surface area contributed by atoms with Crippen LogP contribution in [0.3, 0.4) is 0 Å². The number of imidazole rings is 1. The van der Waals surface area contributed by atoms with E-state index in [4.69, 9.17) is 27.9 Å². The summed E-state index contributed by atoms with van der Waals surface area (Å²) in [5, 5.41) is 1.24. The summed E-state index contributed by atoms with van der Waals surface area (Å²) in [6.07, 6.45) is 9.06. The molecule has 0 spiro atoms. The van der Waals surface area contributed by atoms with E-state index < -0.39 is 0 Å². The summed E-state index contributed by atoms with van der Waals surface area (Å²) in [5.41, 5.74) is 0.938. The third kappa shape index (κ3) is 4.88. The summed E-state index contributed by atoms with van der Waals surface area (Å²) in [5.74, 6) is 0. The van der Waals surface area contributed by atoms with Crippen LogP contribution in [0.2, 0.25) is 10.0 Å². The highest BCUT2D eigenvalue weighted by atomic mass is 35.5. The van der Waals surface area contributed by atoms with Crippen molar-refractivity contribution < 1.29 is 4.74 Å². The van der Waals surface area contributed by atoms with Crippen LogP contribution in [0.25, 0.3) is 0 Å². The number of ether oxygens (including phenoxy) is 1. The number of benzene rings is 1. The van der Waals surface area contributed by atoms with Crippen molar-refractivity contribution in [1.29, 1.82) is 0 Å². The van der Waals surface area contributed by atoms with E-state index in [2.05, 4.69) is 11.6 Å². The van der Waals surface area contributed by atoms with Gasteiger partial charge in [-0.3, -0.25) is 0 Å². The van der Waals surface area contributed by atoms with Gasteiger partial charge in [-0.15, -0.1) is 6.58 Å². The smallest absolute Gasteiger partial charge is 0.102 e. The number of rotatable bonds is 8. The summed E-state index contributed by atoms with van der Waals surface area (Å²) < 4.78 is 7.98. The van der Waals surface area contributed by atoms with Crippen molar-refractivity contribution in [3.8, 4) is 0 Å². The highest BCUT2D eigenvalue weighted by molar-refractivity contribution is 6.35. The second-order valence-electron chi connectivity index (χ2n) is 4.72. The van der Waals surface area contributed by atoms with Crippen LogP contribution in [-0.4, -0.2) is 16.2 Å². The third-order valence-corrected chi connectivity index (χ3v) is 3.68. The second-order valence-corrected chi connectivity index (χ2v) is 5.56. The standard InChI is InChI=1S/C16H18Cl2N2O/c1-2-3-4-9-21-16(11-20-8-7-19-12-20)14-6-5-13(17)10-15(14)18/h2,5-8,10,12,16H,1,3-4,9,11H2. The Morgan fingerprint density at radius 3 is 2.90 bits per heavy atom. The number of aromatic nitrogens is 2. The Hall–Kier alpha value is -1.29. The van der Waals surface area contributed by atoms with Gasteiger partial charge in [-0.2, -0.15) is 0 Å². The van der Waals surface area contributed by atoms with Gasteiger partial charge in [0.2, 0.25) is 0 Å². The van der Waals surface area contributed by atoms with E-state index >= 15 is 0 Å². The predicted octanol–water partition coefficient (Wildman–Crippen LogP) is 4.91. The third-order valence-electron chi connectivity index (χ3n) is 3.12. The van der Waals surface area contributed by atoms with E-state index in [0.717, 1.165) is 18.4 Å². The number of hydrogen-bond acceptors (Lipinski definition) is 2. The predicted molar refractivity (Wildman–Crippen MR) is 86.8 cm³/mol. The van der Waals surface area contributed by atoms with Gasteiger partial charge in [0.25, 0.3) is 0 Å². The van der Waals surface area contributed by atoms with Gasteiger partial charge in [0.1, 0.15) is 6.10 Å². The molecule has 21 heavy (non-hydrogen) atoms. The Morgan fingerprint density at radius 1 is 1.38 bits per heavy atom. The molecule has 0 aliphatic rings. The Labute approximate surface area is 135 Å². The molecule has 2 aromatic rings. The Balaban J connectivity index is 2.11. The molecule has 1 aromatic heterocycles. The van der Waals surface area contributed by atoms with E-state index in [1.54, 1.807) is 18.6 Å². The fourth-order valence-corrected chi connectivity index (χ4v) is 2.57. The molecular weight excluding hydrogens is 307 g/mol. The van der Waals surface area contributed by atoms with Crippen molar-refractivity contribution in [2.24, 2.45) is 0 Å². The van der Waals surface area contributed by atoms with Crippen molar-refractivity contribution in [3.63, 3.8) is 0 Å². The van der Waals surface area contributed by atoms with Crippen LogP contribution in [0.4, 0.5) is 0 Å². The normalized spacial score (nSPS) is 12.3. The molecule has 112 valence electrons. The maximum absolute atomic E-state index is 6.30. The maximum Gasteiger partial charge on any atom is 0.102 e. The first-order valence-electron chi connectivity index (χ1n) is 6.84. The van der Waals surface area contributed by atoms with E-state index in [0.29, 0.717) is 23.2 Å². The van der Waals surface area contributed by atoms with Gasteiger partial charge in [0, 0.05) is 34.6 Å². The van der Waals surface area contributed by atoms with Crippen molar-refractivity contribution in [1.82, 2.24) is 9.55 Å². The fraction of sp³-hybridized carbons (Fsp3) is 0.312. The molecule has 0 aliphatic carbocycles. The van der Waals surface area contributed by atoms with Gasteiger partial charge in [-0.25, -0.2) is 4.98 Å². The summed E-state index contributed by atoms with van der Waals surface area (Å²) in [4.78, 5) is 4.06. The minimum atomic E-state index is -0.131. The minimum Gasteiger partial charge on any atom is -0.372 e. The lowest BCUT2D eigenvalue weighted by atomic mass is 10.1. The topological polar surface area (TPSA) is 27.1 Å². The van der Waals surface area contributed by atoms with Crippen LogP contribution in [0.1, 0.15) is 24.5 Å². The highest BCUT2D eigenvalue weighted by Gasteiger charge is 2.16. The summed E-state index contributed by atoms with van der Waals surface area (Å²) in [7, 11) is 0. The van der Waals surface area contributed by atoms with Crippen LogP contribution < -0.4 is 0 Å². The van der Waals surface area contributed by atoms with Gasteiger partial charge in [-0.1, -0.05) is 35.3 Å². The van der Waals surface area contributed by atoms with Gasteiger partial charge in [-0.05, 0) is 25.0 Å². The zero-order chi connectivity index (χ0) is 15.1. The first-order chi connectivity index (χ1) is 10.2. The molecule has 0 saturated carbocycles. The molecule has 3 nitrogen and oxygen atoms in total. The van der Waals surface area contributed by atoms with Crippen LogP contribution in [-0.2, 0) is 11.3 Å². The average molecular weight is 325 g/mol. The number of halogens is 2. The lowest BCUT2D eigenvalue weighted by molar-refractivity contribution is 0.0394. The molecule has 0 N–H and O–H groups in total.